The Kier molecular flexibility index (Phi) is 7.09. The first-order chi connectivity index (χ1) is 11.6. The van der Waals surface area contributed by atoms with Gasteiger partial charge in [-0.3, -0.25) is 9.59 Å². The highest BCUT2D eigenvalue weighted by Gasteiger charge is 2.24. The lowest BCUT2D eigenvalue weighted by atomic mass is 10.2. The van der Waals surface area contributed by atoms with Crippen molar-refractivity contribution in [3.05, 3.63) is 29.8 Å². The maximum Gasteiger partial charge on any atom is 0.310 e. The molecule has 132 valence electrons. The Bertz CT molecular complexity index is 533. The molecule has 5 nitrogen and oxygen atoms in total. The number of esters is 1. The van der Waals surface area contributed by atoms with Crippen LogP contribution in [0, 0.1) is 6.92 Å². The van der Waals surface area contributed by atoms with Gasteiger partial charge < -0.3 is 14.4 Å². The van der Waals surface area contributed by atoms with E-state index in [1.807, 2.05) is 36.1 Å². The molecule has 0 bridgehead atoms. The third-order valence-corrected chi connectivity index (χ3v) is 4.17. The maximum absolute atomic E-state index is 12.3. The number of hydrogen-bond donors (Lipinski definition) is 0. The van der Waals surface area contributed by atoms with Gasteiger partial charge in [0.25, 0.3) is 5.91 Å². The molecule has 1 aromatic carbocycles. The van der Waals surface area contributed by atoms with Crippen molar-refractivity contribution in [2.45, 2.75) is 52.1 Å². The van der Waals surface area contributed by atoms with Crippen LogP contribution in [0.3, 0.4) is 0 Å². The van der Waals surface area contributed by atoms with Gasteiger partial charge in [-0.25, -0.2) is 0 Å². The molecule has 1 amide bonds. The molecule has 1 aliphatic heterocycles. The minimum atomic E-state index is -0.727. The molecule has 0 aromatic heterocycles. The van der Waals surface area contributed by atoms with E-state index < -0.39 is 12.1 Å². The molecular weight excluding hydrogens is 306 g/mol. The quantitative estimate of drug-likeness (QED) is 0.751. The first-order valence-electron chi connectivity index (χ1n) is 8.74. The number of carbonyl (C=O) groups excluding carboxylic acids is 2. The lowest BCUT2D eigenvalue weighted by molar-refractivity contribution is -0.159. The van der Waals surface area contributed by atoms with Gasteiger partial charge in [-0.05, 0) is 38.8 Å². The molecule has 1 aliphatic rings. The third-order valence-electron chi connectivity index (χ3n) is 4.17. The van der Waals surface area contributed by atoms with Crippen molar-refractivity contribution in [1.29, 1.82) is 0 Å². The summed E-state index contributed by atoms with van der Waals surface area (Å²) >= 11 is 0. The van der Waals surface area contributed by atoms with Gasteiger partial charge in [0.2, 0.25) is 0 Å². The van der Waals surface area contributed by atoms with Crippen LogP contribution in [0.15, 0.2) is 24.3 Å². The minimum absolute atomic E-state index is 0.0929. The Morgan fingerprint density at radius 2 is 1.71 bits per heavy atom. The molecule has 1 atom stereocenters. The van der Waals surface area contributed by atoms with E-state index in [4.69, 9.17) is 9.47 Å². The number of aryl methyl sites for hydroxylation is 1. The van der Waals surface area contributed by atoms with E-state index in [0.717, 1.165) is 50.1 Å². The fraction of sp³-hybridized carbons (Fsp3) is 0.579. The molecule has 1 unspecified atom stereocenters. The molecule has 0 aliphatic carbocycles. The first kappa shape index (κ1) is 18.3. The van der Waals surface area contributed by atoms with Crippen LogP contribution in [0.2, 0.25) is 0 Å². The Labute approximate surface area is 143 Å². The van der Waals surface area contributed by atoms with Crippen molar-refractivity contribution in [3.8, 4) is 5.75 Å². The third kappa shape index (κ3) is 5.87. The summed E-state index contributed by atoms with van der Waals surface area (Å²) in [7, 11) is 0. The number of benzene rings is 1. The highest BCUT2D eigenvalue weighted by atomic mass is 16.5. The highest BCUT2D eigenvalue weighted by molar-refractivity contribution is 5.83. The predicted octanol–water partition coefficient (Wildman–Crippen LogP) is 3.10. The summed E-state index contributed by atoms with van der Waals surface area (Å²) < 4.78 is 10.8. The zero-order chi connectivity index (χ0) is 17.4. The van der Waals surface area contributed by atoms with Crippen LogP contribution < -0.4 is 4.74 Å². The lowest BCUT2D eigenvalue weighted by Crippen LogP contribution is -2.40. The van der Waals surface area contributed by atoms with Crippen molar-refractivity contribution in [2.75, 3.05) is 19.7 Å². The Morgan fingerprint density at radius 3 is 2.33 bits per heavy atom. The monoisotopic (exact) mass is 333 g/mol. The van der Waals surface area contributed by atoms with E-state index in [0.29, 0.717) is 0 Å². The molecule has 2 rings (SSSR count). The van der Waals surface area contributed by atoms with Crippen LogP contribution in [0.1, 0.15) is 44.6 Å². The molecule has 0 radical (unpaired) electrons. The number of hydrogen-bond acceptors (Lipinski definition) is 4. The molecule has 0 N–H and O–H groups in total. The Balaban J connectivity index is 1.70. The van der Waals surface area contributed by atoms with Crippen molar-refractivity contribution < 1.29 is 19.1 Å². The predicted molar refractivity (Wildman–Crippen MR) is 91.9 cm³/mol. The van der Waals surface area contributed by atoms with Crippen molar-refractivity contribution >= 4 is 11.9 Å². The normalized spacial score (nSPS) is 16.2. The van der Waals surface area contributed by atoms with Gasteiger partial charge in [0, 0.05) is 13.1 Å². The molecule has 1 saturated heterocycles. The molecule has 5 heteroatoms. The van der Waals surface area contributed by atoms with Gasteiger partial charge in [-0.2, -0.15) is 0 Å². The van der Waals surface area contributed by atoms with Crippen molar-refractivity contribution in [1.82, 2.24) is 4.90 Å². The second-order valence-corrected chi connectivity index (χ2v) is 6.28. The van der Waals surface area contributed by atoms with Crippen LogP contribution in [0.4, 0.5) is 0 Å². The SMILES string of the molecule is Cc1ccc(OCCC(=O)OC(C)C(=O)N2CCCCCC2)cc1. The summed E-state index contributed by atoms with van der Waals surface area (Å²) in [6.07, 6.45) is 3.77. The Hall–Kier alpha value is -2.04. The van der Waals surface area contributed by atoms with Crippen molar-refractivity contribution in [2.24, 2.45) is 0 Å². The number of amides is 1. The standard InChI is InChI=1S/C19H27NO4/c1-15-7-9-17(10-8-15)23-14-11-18(21)24-16(2)19(22)20-12-5-3-4-6-13-20/h7-10,16H,3-6,11-14H2,1-2H3. The summed E-state index contributed by atoms with van der Waals surface area (Å²) in [4.78, 5) is 26.0. The van der Waals surface area contributed by atoms with Crippen LogP contribution in [-0.4, -0.2) is 42.6 Å². The highest BCUT2D eigenvalue weighted by Crippen LogP contribution is 2.13. The summed E-state index contributed by atoms with van der Waals surface area (Å²) in [5.41, 5.74) is 1.16. The number of likely N-dealkylation sites (tertiary alicyclic amines) is 1. The fourth-order valence-corrected chi connectivity index (χ4v) is 2.74. The summed E-state index contributed by atoms with van der Waals surface area (Å²) in [5.74, 6) is 0.226. The summed E-state index contributed by atoms with van der Waals surface area (Å²) in [6.45, 7) is 5.41. The second-order valence-electron chi connectivity index (χ2n) is 6.28. The first-order valence-corrected chi connectivity index (χ1v) is 8.74. The van der Waals surface area contributed by atoms with E-state index in [1.54, 1.807) is 6.92 Å². The molecule has 0 saturated carbocycles. The Morgan fingerprint density at radius 1 is 1.08 bits per heavy atom. The van der Waals surface area contributed by atoms with E-state index in [9.17, 15) is 9.59 Å². The van der Waals surface area contributed by atoms with Crippen LogP contribution >= 0.6 is 0 Å². The van der Waals surface area contributed by atoms with E-state index in [2.05, 4.69) is 0 Å². The van der Waals surface area contributed by atoms with E-state index in [-0.39, 0.29) is 18.9 Å². The molecular formula is C19H27NO4. The van der Waals surface area contributed by atoms with Crippen molar-refractivity contribution in [3.63, 3.8) is 0 Å². The molecule has 24 heavy (non-hydrogen) atoms. The summed E-state index contributed by atoms with van der Waals surface area (Å²) in [5, 5.41) is 0. The van der Waals surface area contributed by atoms with Crippen LogP contribution in [-0.2, 0) is 14.3 Å². The topological polar surface area (TPSA) is 55.8 Å². The van der Waals surface area contributed by atoms with E-state index in [1.165, 1.54) is 0 Å². The van der Waals surface area contributed by atoms with Gasteiger partial charge in [0.1, 0.15) is 5.75 Å². The molecule has 1 aromatic rings. The fourth-order valence-electron chi connectivity index (χ4n) is 2.74. The average molecular weight is 333 g/mol. The number of rotatable bonds is 6. The zero-order valence-corrected chi connectivity index (χ0v) is 14.6. The van der Waals surface area contributed by atoms with Gasteiger partial charge in [-0.15, -0.1) is 0 Å². The molecule has 0 spiro atoms. The second kappa shape index (κ2) is 9.30. The maximum atomic E-state index is 12.3. The van der Waals surface area contributed by atoms with Crippen LogP contribution in [0.5, 0.6) is 5.75 Å². The number of carbonyl (C=O) groups is 2. The zero-order valence-electron chi connectivity index (χ0n) is 14.6. The summed E-state index contributed by atoms with van der Waals surface area (Å²) in [6, 6.07) is 7.64. The van der Waals surface area contributed by atoms with Gasteiger partial charge in [0.15, 0.2) is 6.10 Å². The lowest BCUT2D eigenvalue weighted by Gasteiger charge is -2.24. The smallest absolute Gasteiger partial charge is 0.310 e. The van der Waals surface area contributed by atoms with Gasteiger partial charge in [0.05, 0.1) is 13.0 Å². The van der Waals surface area contributed by atoms with Gasteiger partial charge >= 0.3 is 5.97 Å². The molecule has 1 fully saturated rings. The number of nitrogens with zero attached hydrogens (tertiary/aromatic N) is 1. The van der Waals surface area contributed by atoms with Crippen LogP contribution in [0.25, 0.3) is 0 Å². The largest absolute Gasteiger partial charge is 0.493 e. The average Bonchev–Trinajstić information content (AvgIpc) is 2.85. The minimum Gasteiger partial charge on any atom is -0.493 e. The number of ether oxygens (including phenoxy) is 2. The van der Waals surface area contributed by atoms with E-state index >= 15 is 0 Å². The van der Waals surface area contributed by atoms with Gasteiger partial charge in [-0.1, -0.05) is 30.5 Å². The molecule has 1 heterocycles.